The molecule has 58 valence electrons. The van der Waals surface area contributed by atoms with Crippen molar-refractivity contribution in [2.24, 2.45) is 0 Å². The molecule has 0 bridgehead atoms. The monoisotopic (exact) mass is 152 g/mol. The summed E-state index contributed by atoms with van der Waals surface area (Å²) in [6, 6.07) is 0. The van der Waals surface area contributed by atoms with Crippen molar-refractivity contribution in [3.8, 4) is 0 Å². The maximum atomic E-state index is 11.1. The quantitative estimate of drug-likeness (QED) is 0.583. The molecule has 4 heteroatoms. The lowest BCUT2D eigenvalue weighted by molar-refractivity contribution is 0.0919. The molecular weight excluding hydrogens is 144 g/mol. The average molecular weight is 152 g/mol. The second-order valence-electron chi connectivity index (χ2n) is 2.54. The lowest BCUT2D eigenvalue weighted by atomic mass is 10.2. The van der Waals surface area contributed by atoms with E-state index in [0.29, 0.717) is 5.76 Å². The second-order valence-corrected chi connectivity index (χ2v) is 2.54. The van der Waals surface area contributed by atoms with Gasteiger partial charge in [0.05, 0.1) is 6.20 Å². The number of carbonyl (C=O) groups excluding carboxylic acids is 1. The number of amides is 1. The Morgan fingerprint density at radius 2 is 2.55 bits per heavy atom. The third-order valence-corrected chi connectivity index (χ3v) is 1.76. The Bertz CT molecular complexity index is 280. The minimum atomic E-state index is -0.144. The number of hydrogen-bond acceptors (Lipinski definition) is 3. The summed E-state index contributed by atoms with van der Waals surface area (Å²) in [5.41, 5.74) is 0.917. The van der Waals surface area contributed by atoms with Gasteiger partial charge in [0.1, 0.15) is 0 Å². The van der Waals surface area contributed by atoms with Gasteiger partial charge in [-0.3, -0.25) is 4.79 Å². The third-order valence-electron chi connectivity index (χ3n) is 1.76. The normalized spacial score (nSPS) is 16.9. The Kier molecular flexibility index (Phi) is 1.38. The molecule has 0 unspecified atom stereocenters. The first-order valence-electron chi connectivity index (χ1n) is 3.59. The molecule has 0 fully saturated rings. The Labute approximate surface area is 63.6 Å². The summed E-state index contributed by atoms with van der Waals surface area (Å²) in [6.07, 6.45) is 3.44. The standard InChI is InChI=1S/C7H8N2O2/c10-7-6-5(4-9-11-6)2-1-3-8-7/h4H,1-3H2,(H,8,10). The molecule has 1 aliphatic rings. The number of nitrogens with zero attached hydrogens (tertiary/aromatic N) is 1. The van der Waals surface area contributed by atoms with Crippen LogP contribution >= 0.6 is 0 Å². The largest absolute Gasteiger partial charge is 0.351 e. The van der Waals surface area contributed by atoms with E-state index >= 15 is 0 Å². The molecule has 0 saturated carbocycles. The number of aromatic nitrogens is 1. The molecule has 1 aromatic heterocycles. The van der Waals surface area contributed by atoms with Crippen LogP contribution in [0.2, 0.25) is 0 Å². The van der Waals surface area contributed by atoms with Crippen LogP contribution in [0.4, 0.5) is 0 Å². The molecule has 1 N–H and O–H groups in total. The number of hydrogen-bond donors (Lipinski definition) is 1. The first-order valence-corrected chi connectivity index (χ1v) is 3.59. The summed E-state index contributed by atoms with van der Waals surface area (Å²) in [7, 11) is 0. The molecule has 0 aromatic carbocycles. The van der Waals surface area contributed by atoms with Gasteiger partial charge in [0.15, 0.2) is 0 Å². The van der Waals surface area contributed by atoms with E-state index in [0.717, 1.165) is 24.9 Å². The van der Waals surface area contributed by atoms with Crippen LogP contribution in [0, 0.1) is 0 Å². The smallest absolute Gasteiger partial charge is 0.290 e. The van der Waals surface area contributed by atoms with Crippen molar-refractivity contribution in [3.63, 3.8) is 0 Å². The van der Waals surface area contributed by atoms with E-state index in [4.69, 9.17) is 4.52 Å². The molecule has 1 amide bonds. The highest BCUT2D eigenvalue weighted by Gasteiger charge is 2.18. The maximum Gasteiger partial charge on any atom is 0.290 e. The van der Waals surface area contributed by atoms with Gasteiger partial charge in [-0.05, 0) is 12.8 Å². The Morgan fingerprint density at radius 3 is 3.45 bits per heavy atom. The minimum Gasteiger partial charge on any atom is -0.351 e. The summed E-state index contributed by atoms with van der Waals surface area (Å²) in [5, 5.41) is 6.27. The van der Waals surface area contributed by atoms with Crippen LogP contribution in [0.3, 0.4) is 0 Å². The Morgan fingerprint density at radius 1 is 1.64 bits per heavy atom. The Balaban J connectivity index is 2.41. The predicted molar refractivity (Wildman–Crippen MR) is 37.2 cm³/mol. The number of nitrogens with one attached hydrogen (secondary N) is 1. The van der Waals surface area contributed by atoms with E-state index in [1.54, 1.807) is 6.20 Å². The lowest BCUT2D eigenvalue weighted by Crippen LogP contribution is -2.22. The summed E-state index contributed by atoms with van der Waals surface area (Å²) in [6.45, 7) is 0.725. The van der Waals surface area contributed by atoms with Gasteiger partial charge in [-0.15, -0.1) is 0 Å². The van der Waals surface area contributed by atoms with Gasteiger partial charge in [-0.25, -0.2) is 0 Å². The topological polar surface area (TPSA) is 55.1 Å². The molecule has 1 aliphatic heterocycles. The van der Waals surface area contributed by atoms with Gasteiger partial charge in [0, 0.05) is 12.1 Å². The molecule has 0 spiro atoms. The van der Waals surface area contributed by atoms with Gasteiger partial charge in [-0.2, -0.15) is 0 Å². The van der Waals surface area contributed by atoms with E-state index in [1.807, 2.05) is 0 Å². The van der Waals surface area contributed by atoms with Gasteiger partial charge in [0.2, 0.25) is 5.76 Å². The van der Waals surface area contributed by atoms with Crippen LogP contribution in [0.15, 0.2) is 10.7 Å². The van der Waals surface area contributed by atoms with E-state index in [9.17, 15) is 4.79 Å². The van der Waals surface area contributed by atoms with Gasteiger partial charge in [-0.1, -0.05) is 5.16 Å². The summed E-state index contributed by atoms with van der Waals surface area (Å²) in [5.74, 6) is 0.234. The molecule has 4 nitrogen and oxygen atoms in total. The van der Waals surface area contributed by atoms with Crippen molar-refractivity contribution in [3.05, 3.63) is 17.5 Å². The van der Waals surface area contributed by atoms with Crippen LogP contribution < -0.4 is 5.32 Å². The van der Waals surface area contributed by atoms with Crippen LogP contribution in [0.25, 0.3) is 0 Å². The molecule has 0 aliphatic carbocycles. The number of carbonyl (C=O) groups is 1. The fourth-order valence-corrected chi connectivity index (χ4v) is 1.19. The van der Waals surface area contributed by atoms with Crippen LogP contribution in [0.1, 0.15) is 22.5 Å². The van der Waals surface area contributed by atoms with Crippen molar-refractivity contribution in [2.75, 3.05) is 6.54 Å². The zero-order valence-corrected chi connectivity index (χ0v) is 5.96. The maximum absolute atomic E-state index is 11.1. The fraction of sp³-hybridized carbons (Fsp3) is 0.429. The lowest BCUT2D eigenvalue weighted by Gasteiger charge is -1.94. The van der Waals surface area contributed by atoms with Crippen LogP contribution in [0.5, 0.6) is 0 Å². The summed E-state index contributed by atoms with van der Waals surface area (Å²) < 4.78 is 4.79. The highest BCUT2D eigenvalue weighted by atomic mass is 16.5. The number of aryl methyl sites for hydroxylation is 1. The van der Waals surface area contributed by atoms with Gasteiger partial charge < -0.3 is 9.84 Å². The second kappa shape index (κ2) is 2.38. The number of fused-ring (bicyclic) bond motifs is 1. The third kappa shape index (κ3) is 1.00. The predicted octanol–water partition coefficient (Wildman–Crippen LogP) is 0.351. The average Bonchev–Trinajstić information content (AvgIpc) is 2.40. The molecule has 2 heterocycles. The molecule has 2 rings (SSSR count). The molecular formula is C7H8N2O2. The number of rotatable bonds is 0. The SMILES string of the molecule is O=C1NCCCc2cnoc21. The van der Waals surface area contributed by atoms with E-state index in [-0.39, 0.29) is 5.91 Å². The molecule has 11 heavy (non-hydrogen) atoms. The van der Waals surface area contributed by atoms with Crippen molar-refractivity contribution >= 4 is 5.91 Å². The van der Waals surface area contributed by atoms with E-state index < -0.39 is 0 Å². The van der Waals surface area contributed by atoms with Crippen molar-refractivity contribution in [2.45, 2.75) is 12.8 Å². The zero-order valence-electron chi connectivity index (χ0n) is 5.96. The van der Waals surface area contributed by atoms with Crippen molar-refractivity contribution in [1.82, 2.24) is 10.5 Å². The molecule has 0 radical (unpaired) electrons. The zero-order chi connectivity index (χ0) is 7.68. The Hall–Kier alpha value is -1.32. The first-order chi connectivity index (χ1) is 5.38. The first kappa shape index (κ1) is 6.39. The van der Waals surface area contributed by atoms with Crippen molar-refractivity contribution < 1.29 is 9.32 Å². The van der Waals surface area contributed by atoms with Crippen LogP contribution in [-0.4, -0.2) is 17.6 Å². The highest BCUT2D eigenvalue weighted by Crippen LogP contribution is 2.12. The van der Waals surface area contributed by atoms with Gasteiger partial charge in [0.25, 0.3) is 5.91 Å². The molecule has 0 saturated heterocycles. The highest BCUT2D eigenvalue weighted by molar-refractivity contribution is 5.92. The van der Waals surface area contributed by atoms with Gasteiger partial charge >= 0.3 is 0 Å². The van der Waals surface area contributed by atoms with Crippen molar-refractivity contribution in [1.29, 1.82) is 0 Å². The molecule has 0 atom stereocenters. The molecule has 1 aromatic rings. The van der Waals surface area contributed by atoms with Crippen LogP contribution in [-0.2, 0) is 6.42 Å². The van der Waals surface area contributed by atoms with E-state index in [2.05, 4.69) is 10.5 Å². The summed E-state index contributed by atoms with van der Waals surface area (Å²) in [4.78, 5) is 11.1. The minimum absolute atomic E-state index is 0.144. The summed E-state index contributed by atoms with van der Waals surface area (Å²) >= 11 is 0. The fourth-order valence-electron chi connectivity index (χ4n) is 1.19. The van der Waals surface area contributed by atoms with E-state index in [1.165, 1.54) is 0 Å².